The summed E-state index contributed by atoms with van der Waals surface area (Å²) in [7, 11) is 1.65. The van der Waals surface area contributed by atoms with Crippen LogP contribution in [-0.4, -0.2) is 18.5 Å². The number of hydrogen-bond acceptors (Lipinski definition) is 3. The molecule has 0 aliphatic heterocycles. The Labute approximate surface area is 97.9 Å². The molecule has 0 fully saturated rings. The Balaban J connectivity index is 2.55. The lowest BCUT2D eigenvalue weighted by atomic mass is 9.99. The quantitative estimate of drug-likeness (QED) is 0.773. The predicted octanol–water partition coefficient (Wildman–Crippen LogP) is 3.43. The summed E-state index contributed by atoms with van der Waals surface area (Å²) in [5.41, 5.74) is 0.341. The summed E-state index contributed by atoms with van der Waals surface area (Å²) in [4.78, 5) is 11.7. The van der Waals surface area contributed by atoms with Crippen molar-refractivity contribution in [3.63, 3.8) is 0 Å². The second kappa shape index (κ2) is 4.94. The van der Waals surface area contributed by atoms with E-state index in [0.29, 0.717) is 23.1 Å². The van der Waals surface area contributed by atoms with Crippen molar-refractivity contribution in [3.05, 3.63) is 22.6 Å². The van der Waals surface area contributed by atoms with Crippen LogP contribution in [0.15, 0.2) is 21.4 Å². The van der Waals surface area contributed by atoms with Crippen molar-refractivity contribution < 1.29 is 13.9 Å². The smallest absolute Gasteiger partial charge is 0.179 e. The molecule has 0 radical (unpaired) electrons. The molecule has 0 bridgehead atoms. The second-order valence-electron chi connectivity index (χ2n) is 3.99. The standard InChI is InChI=1S/C11H15BrO3/c1-11(2,14-3)6-4-9(13)8-5-7-15-10(8)12/h5,7H,4,6H2,1-3H3. The Morgan fingerprint density at radius 3 is 2.73 bits per heavy atom. The maximum Gasteiger partial charge on any atom is 0.179 e. The third-order valence-electron chi connectivity index (χ3n) is 2.43. The van der Waals surface area contributed by atoms with Crippen LogP contribution >= 0.6 is 15.9 Å². The molecule has 3 nitrogen and oxygen atoms in total. The van der Waals surface area contributed by atoms with E-state index >= 15 is 0 Å². The van der Waals surface area contributed by atoms with Gasteiger partial charge in [0.2, 0.25) is 0 Å². The minimum Gasteiger partial charge on any atom is -0.457 e. The van der Waals surface area contributed by atoms with Gasteiger partial charge in [-0.1, -0.05) is 0 Å². The van der Waals surface area contributed by atoms with Crippen molar-refractivity contribution in [2.24, 2.45) is 0 Å². The molecule has 4 heteroatoms. The summed E-state index contributed by atoms with van der Waals surface area (Å²) in [6.45, 7) is 3.93. The molecule has 0 atom stereocenters. The van der Waals surface area contributed by atoms with Crippen LogP contribution in [0.4, 0.5) is 0 Å². The number of hydrogen-bond donors (Lipinski definition) is 0. The molecule has 1 rings (SSSR count). The van der Waals surface area contributed by atoms with Gasteiger partial charge in [-0.3, -0.25) is 4.79 Å². The van der Waals surface area contributed by atoms with E-state index < -0.39 is 0 Å². The van der Waals surface area contributed by atoms with Gasteiger partial charge in [0.1, 0.15) is 0 Å². The fraction of sp³-hybridized carbons (Fsp3) is 0.545. The fourth-order valence-electron chi connectivity index (χ4n) is 1.14. The molecular formula is C11H15BrO3. The highest BCUT2D eigenvalue weighted by atomic mass is 79.9. The average Bonchev–Trinajstić information content (AvgIpc) is 2.61. The monoisotopic (exact) mass is 274 g/mol. The Hall–Kier alpha value is -0.610. The van der Waals surface area contributed by atoms with Gasteiger partial charge >= 0.3 is 0 Å². The van der Waals surface area contributed by atoms with E-state index in [-0.39, 0.29) is 11.4 Å². The Bertz CT molecular complexity index is 341. The lowest BCUT2D eigenvalue weighted by Crippen LogP contribution is -2.23. The van der Waals surface area contributed by atoms with Crippen molar-refractivity contribution in [2.75, 3.05) is 7.11 Å². The van der Waals surface area contributed by atoms with Crippen molar-refractivity contribution in [2.45, 2.75) is 32.3 Å². The molecule has 0 saturated heterocycles. The zero-order chi connectivity index (χ0) is 11.5. The molecule has 1 aromatic heterocycles. The number of furan rings is 1. The van der Waals surface area contributed by atoms with Crippen molar-refractivity contribution >= 4 is 21.7 Å². The van der Waals surface area contributed by atoms with Gasteiger partial charge in [-0.25, -0.2) is 0 Å². The molecule has 0 amide bonds. The lowest BCUT2D eigenvalue weighted by molar-refractivity contribution is 0.0141. The number of ether oxygens (including phenoxy) is 1. The van der Waals surface area contributed by atoms with Crippen molar-refractivity contribution in [3.8, 4) is 0 Å². The molecule has 0 aliphatic rings. The first-order valence-electron chi connectivity index (χ1n) is 4.77. The van der Waals surface area contributed by atoms with Gasteiger partial charge in [0.05, 0.1) is 17.4 Å². The van der Waals surface area contributed by atoms with Crippen molar-refractivity contribution in [1.29, 1.82) is 0 Å². The first-order chi connectivity index (χ1) is 6.96. The van der Waals surface area contributed by atoms with Crippen LogP contribution in [0.2, 0.25) is 0 Å². The maximum atomic E-state index is 11.7. The van der Waals surface area contributed by atoms with Gasteiger partial charge in [0, 0.05) is 13.5 Å². The van der Waals surface area contributed by atoms with Crippen LogP contribution < -0.4 is 0 Å². The largest absolute Gasteiger partial charge is 0.457 e. The molecule has 0 unspecified atom stereocenters. The van der Waals surface area contributed by atoms with Gasteiger partial charge in [-0.05, 0) is 42.3 Å². The van der Waals surface area contributed by atoms with Gasteiger partial charge in [0.15, 0.2) is 10.5 Å². The third kappa shape index (κ3) is 3.47. The topological polar surface area (TPSA) is 39.4 Å². The number of methoxy groups -OCH3 is 1. The van der Waals surface area contributed by atoms with Gasteiger partial charge in [-0.2, -0.15) is 0 Å². The van der Waals surface area contributed by atoms with Gasteiger partial charge < -0.3 is 9.15 Å². The fourth-order valence-corrected chi connectivity index (χ4v) is 1.61. The van der Waals surface area contributed by atoms with Gasteiger partial charge in [-0.15, -0.1) is 0 Å². The maximum absolute atomic E-state index is 11.7. The molecule has 84 valence electrons. The highest BCUT2D eigenvalue weighted by Crippen LogP contribution is 2.22. The van der Waals surface area contributed by atoms with Gasteiger partial charge in [0.25, 0.3) is 0 Å². The summed E-state index contributed by atoms with van der Waals surface area (Å²) in [5, 5.41) is 0. The van der Waals surface area contributed by atoms with E-state index in [0.717, 1.165) is 0 Å². The summed E-state index contributed by atoms with van der Waals surface area (Å²) in [6, 6.07) is 1.67. The van der Waals surface area contributed by atoms with E-state index in [9.17, 15) is 4.79 Å². The molecule has 1 heterocycles. The number of ketones is 1. The number of carbonyl (C=O) groups is 1. The van der Waals surface area contributed by atoms with Crippen LogP contribution in [0.3, 0.4) is 0 Å². The summed E-state index contributed by atoms with van der Waals surface area (Å²) < 4.78 is 10.8. The molecular weight excluding hydrogens is 260 g/mol. The second-order valence-corrected chi connectivity index (χ2v) is 4.72. The predicted molar refractivity (Wildman–Crippen MR) is 61.1 cm³/mol. The average molecular weight is 275 g/mol. The summed E-state index contributed by atoms with van der Waals surface area (Å²) in [6.07, 6.45) is 2.65. The zero-order valence-electron chi connectivity index (χ0n) is 9.17. The minimum absolute atomic E-state index is 0.0701. The zero-order valence-corrected chi connectivity index (χ0v) is 10.8. The first-order valence-corrected chi connectivity index (χ1v) is 5.57. The van der Waals surface area contributed by atoms with E-state index in [4.69, 9.17) is 9.15 Å². The normalized spacial score (nSPS) is 11.7. The Morgan fingerprint density at radius 1 is 1.60 bits per heavy atom. The van der Waals surface area contributed by atoms with E-state index in [1.54, 1.807) is 13.2 Å². The third-order valence-corrected chi connectivity index (χ3v) is 3.04. The van der Waals surface area contributed by atoms with Crippen molar-refractivity contribution in [1.82, 2.24) is 0 Å². The van der Waals surface area contributed by atoms with E-state index in [2.05, 4.69) is 15.9 Å². The minimum atomic E-state index is -0.258. The summed E-state index contributed by atoms with van der Waals surface area (Å²) >= 11 is 3.19. The molecule has 0 N–H and O–H groups in total. The molecule has 0 aromatic carbocycles. The Kier molecular flexibility index (Phi) is 4.11. The van der Waals surface area contributed by atoms with Crippen LogP contribution in [0.1, 0.15) is 37.0 Å². The number of carbonyl (C=O) groups excluding carboxylic acids is 1. The van der Waals surface area contributed by atoms with Crippen LogP contribution in [0.5, 0.6) is 0 Å². The van der Waals surface area contributed by atoms with E-state index in [1.807, 2.05) is 13.8 Å². The highest BCUT2D eigenvalue weighted by molar-refractivity contribution is 9.10. The summed E-state index contributed by atoms with van der Waals surface area (Å²) in [5.74, 6) is 0.0701. The first kappa shape index (κ1) is 12.5. The van der Waals surface area contributed by atoms with E-state index in [1.165, 1.54) is 6.26 Å². The molecule has 1 aromatic rings. The Morgan fingerprint density at radius 2 is 2.27 bits per heavy atom. The van der Waals surface area contributed by atoms with Crippen LogP contribution in [0.25, 0.3) is 0 Å². The number of halogens is 1. The van der Waals surface area contributed by atoms with Crippen LogP contribution in [-0.2, 0) is 4.74 Å². The number of Topliss-reactive ketones (excluding diaryl/α,β-unsaturated/α-hetero) is 1. The molecule has 0 saturated carbocycles. The lowest BCUT2D eigenvalue weighted by Gasteiger charge is -2.21. The SMILES string of the molecule is COC(C)(C)CCC(=O)c1ccoc1Br. The highest BCUT2D eigenvalue weighted by Gasteiger charge is 2.20. The molecule has 0 aliphatic carbocycles. The molecule has 0 spiro atoms. The van der Waals surface area contributed by atoms with Crippen LogP contribution in [0, 0.1) is 0 Å². The molecule has 15 heavy (non-hydrogen) atoms. The number of rotatable bonds is 5.